The molecule has 3 N–H and O–H groups in total. The Balaban J connectivity index is 1.67. The normalized spacial score (nSPS) is 20.9. The number of piperidine rings is 2. The highest BCUT2D eigenvalue weighted by Gasteiger charge is 2.36. The Morgan fingerprint density at radius 2 is 1.91 bits per heavy atom. The van der Waals surface area contributed by atoms with Crippen LogP contribution in [0, 0.1) is 5.41 Å². The van der Waals surface area contributed by atoms with Crippen LogP contribution < -0.4 is 15.8 Å². The SMILES string of the molecule is COc1cc(C(=O)N2CCC3(CCNCC3)CC2)ccc1N. The van der Waals surface area contributed by atoms with E-state index in [0.29, 0.717) is 22.4 Å². The van der Waals surface area contributed by atoms with Gasteiger partial charge in [-0.15, -0.1) is 0 Å². The predicted molar refractivity (Wildman–Crippen MR) is 87.1 cm³/mol. The lowest BCUT2D eigenvalue weighted by Gasteiger charge is -2.44. The first-order valence-electron chi connectivity index (χ1n) is 8.07. The molecule has 3 rings (SSSR count). The molecule has 0 aromatic heterocycles. The van der Waals surface area contributed by atoms with E-state index in [0.717, 1.165) is 39.0 Å². The van der Waals surface area contributed by atoms with Gasteiger partial charge in [0.2, 0.25) is 0 Å². The third-order valence-corrected chi connectivity index (χ3v) is 5.26. The molecular weight excluding hydrogens is 278 g/mol. The van der Waals surface area contributed by atoms with Crippen molar-refractivity contribution in [1.29, 1.82) is 0 Å². The molecule has 0 saturated carbocycles. The van der Waals surface area contributed by atoms with Gasteiger partial charge in [-0.2, -0.15) is 0 Å². The smallest absolute Gasteiger partial charge is 0.253 e. The summed E-state index contributed by atoms with van der Waals surface area (Å²) in [4.78, 5) is 14.6. The van der Waals surface area contributed by atoms with E-state index >= 15 is 0 Å². The largest absolute Gasteiger partial charge is 0.495 e. The Kier molecular flexibility index (Phi) is 4.25. The molecule has 120 valence electrons. The topological polar surface area (TPSA) is 67.6 Å². The zero-order valence-electron chi connectivity index (χ0n) is 13.2. The van der Waals surface area contributed by atoms with Crippen LogP contribution in [0.5, 0.6) is 5.75 Å². The number of nitrogens with two attached hydrogens (primary N) is 1. The number of methoxy groups -OCH3 is 1. The Bertz CT molecular complexity index is 543. The van der Waals surface area contributed by atoms with Crippen LogP contribution in [0.4, 0.5) is 5.69 Å². The van der Waals surface area contributed by atoms with Crippen molar-refractivity contribution in [2.75, 3.05) is 39.0 Å². The van der Waals surface area contributed by atoms with Crippen molar-refractivity contribution in [3.8, 4) is 5.75 Å². The molecule has 2 heterocycles. The van der Waals surface area contributed by atoms with Crippen molar-refractivity contribution < 1.29 is 9.53 Å². The minimum Gasteiger partial charge on any atom is -0.495 e. The van der Waals surface area contributed by atoms with Gasteiger partial charge in [-0.1, -0.05) is 0 Å². The van der Waals surface area contributed by atoms with Gasteiger partial charge < -0.3 is 20.7 Å². The molecule has 0 aliphatic carbocycles. The summed E-state index contributed by atoms with van der Waals surface area (Å²) in [7, 11) is 1.57. The molecule has 1 spiro atoms. The van der Waals surface area contributed by atoms with Crippen molar-refractivity contribution in [1.82, 2.24) is 10.2 Å². The molecule has 5 heteroatoms. The molecule has 2 aliphatic heterocycles. The summed E-state index contributed by atoms with van der Waals surface area (Å²) in [5.74, 6) is 0.653. The summed E-state index contributed by atoms with van der Waals surface area (Å²) < 4.78 is 5.21. The Labute approximate surface area is 131 Å². The van der Waals surface area contributed by atoms with Crippen molar-refractivity contribution in [2.24, 2.45) is 5.41 Å². The van der Waals surface area contributed by atoms with Crippen LogP contribution in [0.25, 0.3) is 0 Å². The van der Waals surface area contributed by atoms with E-state index in [1.54, 1.807) is 25.3 Å². The molecule has 0 atom stereocenters. The number of amides is 1. The molecule has 2 aliphatic rings. The lowest BCUT2D eigenvalue weighted by atomic mass is 9.71. The van der Waals surface area contributed by atoms with Crippen molar-refractivity contribution in [3.05, 3.63) is 23.8 Å². The second-order valence-electron chi connectivity index (χ2n) is 6.50. The lowest BCUT2D eigenvalue weighted by molar-refractivity contribution is 0.0495. The number of ether oxygens (including phenoxy) is 1. The number of hydrogen-bond donors (Lipinski definition) is 2. The summed E-state index contributed by atoms with van der Waals surface area (Å²) >= 11 is 0. The van der Waals surface area contributed by atoms with Gasteiger partial charge in [-0.3, -0.25) is 4.79 Å². The van der Waals surface area contributed by atoms with Crippen LogP contribution in [0.15, 0.2) is 18.2 Å². The maximum atomic E-state index is 12.7. The second kappa shape index (κ2) is 6.16. The fourth-order valence-electron chi connectivity index (χ4n) is 3.67. The summed E-state index contributed by atoms with van der Waals surface area (Å²) in [5.41, 5.74) is 7.50. The van der Waals surface area contributed by atoms with E-state index in [4.69, 9.17) is 10.5 Å². The number of rotatable bonds is 2. The third kappa shape index (κ3) is 2.90. The molecule has 5 nitrogen and oxygen atoms in total. The molecule has 1 aromatic carbocycles. The first-order chi connectivity index (χ1) is 10.6. The highest BCUT2D eigenvalue weighted by Crippen LogP contribution is 2.39. The average Bonchev–Trinajstić information content (AvgIpc) is 2.56. The molecule has 0 radical (unpaired) electrons. The van der Waals surface area contributed by atoms with Crippen LogP contribution >= 0.6 is 0 Å². The molecule has 22 heavy (non-hydrogen) atoms. The van der Waals surface area contributed by atoms with Gasteiger partial charge in [0.1, 0.15) is 5.75 Å². The summed E-state index contributed by atoms with van der Waals surface area (Å²) in [6.45, 7) is 3.93. The van der Waals surface area contributed by atoms with Crippen LogP contribution in [0.2, 0.25) is 0 Å². The molecule has 0 bridgehead atoms. The Morgan fingerprint density at radius 1 is 1.23 bits per heavy atom. The number of nitrogen functional groups attached to an aromatic ring is 1. The van der Waals surface area contributed by atoms with Gasteiger partial charge in [-0.25, -0.2) is 0 Å². The van der Waals surface area contributed by atoms with Crippen LogP contribution in [-0.2, 0) is 0 Å². The van der Waals surface area contributed by atoms with Gasteiger partial charge in [0, 0.05) is 18.7 Å². The third-order valence-electron chi connectivity index (χ3n) is 5.26. The first kappa shape index (κ1) is 15.2. The number of carbonyl (C=O) groups excluding carboxylic acids is 1. The number of nitrogens with zero attached hydrogens (tertiary/aromatic N) is 1. The zero-order valence-corrected chi connectivity index (χ0v) is 13.2. The number of nitrogens with one attached hydrogen (secondary N) is 1. The van der Waals surface area contributed by atoms with Crippen molar-refractivity contribution in [2.45, 2.75) is 25.7 Å². The first-order valence-corrected chi connectivity index (χ1v) is 8.07. The van der Waals surface area contributed by atoms with Crippen molar-refractivity contribution in [3.63, 3.8) is 0 Å². The summed E-state index contributed by atoms with van der Waals surface area (Å²) in [6.07, 6.45) is 4.72. The number of likely N-dealkylation sites (tertiary alicyclic amines) is 1. The minimum absolute atomic E-state index is 0.0853. The van der Waals surface area contributed by atoms with E-state index in [2.05, 4.69) is 5.32 Å². The molecule has 2 saturated heterocycles. The molecule has 1 amide bonds. The van der Waals surface area contributed by atoms with Gasteiger partial charge in [0.25, 0.3) is 5.91 Å². The van der Waals surface area contributed by atoms with Gasteiger partial charge in [0.15, 0.2) is 0 Å². The second-order valence-corrected chi connectivity index (χ2v) is 6.50. The van der Waals surface area contributed by atoms with Crippen LogP contribution in [0.3, 0.4) is 0 Å². The van der Waals surface area contributed by atoms with E-state index in [9.17, 15) is 4.79 Å². The predicted octanol–water partition coefficient (Wildman–Crippen LogP) is 1.88. The Hall–Kier alpha value is -1.75. The highest BCUT2D eigenvalue weighted by molar-refractivity contribution is 5.95. The van der Waals surface area contributed by atoms with Crippen LogP contribution in [0.1, 0.15) is 36.0 Å². The number of anilines is 1. The lowest BCUT2D eigenvalue weighted by Crippen LogP contribution is -2.47. The highest BCUT2D eigenvalue weighted by atomic mass is 16.5. The fourth-order valence-corrected chi connectivity index (χ4v) is 3.67. The number of benzene rings is 1. The van der Waals surface area contributed by atoms with E-state index < -0.39 is 0 Å². The minimum atomic E-state index is 0.0853. The van der Waals surface area contributed by atoms with Crippen molar-refractivity contribution >= 4 is 11.6 Å². The molecular formula is C17H25N3O2. The molecule has 2 fully saturated rings. The maximum Gasteiger partial charge on any atom is 0.253 e. The summed E-state index contributed by atoms with van der Waals surface area (Å²) in [5, 5.41) is 3.43. The van der Waals surface area contributed by atoms with E-state index in [1.807, 2.05) is 4.90 Å². The van der Waals surface area contributed by atoms with E-state index in [1.165, 1.54) is 12.8 Å². The maximum absolute atomic E-state index is 12.7. The van der Waals surface area contributed by atoms with Gasteiger partial charge in [-0.05, 0) is 62.4 Å². The van der Waals surface area contributed by atoms with Gasteiger partial charge in [0.05, 0.1) is 12.8 Å². The van der Waals surface area contributed by atoms with Crippen LogP contribution in [-0.4, -0.2) is 44.1 Å². The monoisotopic (exact) mass is 303 g/mol. The Morgan fingerprint density at radius 3 is 2.55 bits per heavy atom. The number of hydrogen-bond acceptors (Lipinski definition) is 4. The quantitative estimate of drug-likeness (QED) is 0.819. The zero-order chi connectivity index (χ0) is 15.6. The van der Waals surface area contributed by atoms with Gasteiger partial charge >= 0.3 is 0 Å². The fraction of sp³-hybridized carbons (Fsp3) is 0.588. The van der Waals surface area contributed by atoms with E-state index in [-0.39, 0.29) is 5.91 Å². The average molecular weight is 303 g/mol. The molecule has 0 unspecified atom stereocenters. The molecule has 1 aromatic rings. The number of carbonyl (C=O) groups is 1. The summed E-state index contributed by atoms with van der Waals surface area (Å²) in [6, 6.07) is 5.27. The standard InChI is InChI=1S/C17H25N3O2/c1-22-15-12-13(2-3-14(15)18)16(21)20-10-6-17(7-11-20)4-8-19-9-5-17/h2-3,12,19H,4-11,18H2,1H3.